The first-order valence-corrected chi connectivity index (χ1v) is 7.76. The van der Waals surface area contributed by atoms with Gasteiger partial charge < -0.3 is 14.8 Å². The highest BCUT2D eigenvalue weighted by Gasteiger charge is 2.21. The number of rotatable bonds is 8. The lowest BCUT2D eigenvalue weighted by Crippen LogP contribution is -2.14. The summed E-state index contributed by atoms with van der Waals surface area (Å²) in [5.74, 6) is 0.812. The highest BCUT2D eigenvalue weighted by molar-refractivity contribution is 5.49. The minimum absolute atomic E-state index is 0.184. The summed E-state index contributed by atoms with van der Waals surface area (Å²) in [6, 6.07) is 13.1. The van der Waals surface area contributed by atoms with E-state index in [1.54, 1.807) is 26.4 Å². The Bertz CT molecular complexity index is 686. The van der Waals surface area contributed by atoms with E-state index in [0.717, 1.165) is 23.4 Å². The van der Waals surface area contributed by atoms with Crippen molar-refractivity contribution in [1.82, 2.24) is 0 Å². The van der Waals surface area contributed by atoms with Crippen molar-refractivity contribution in [1.29, 1.82) is 0 Å². The molecule has 0 aliphatic heterocycles. The standard InChI is InChI=1S/C18H22N2O4/c1-4-19-15-8-5-13(6-9-15)16(12-20(21)22)14-7-10-17(23-2)18(11-14)24-3/h5-11,16,19H,4,12H2,1-3H3. The lowest BCUT2D eigenvalue weighted by molar-refractivity contribution is -0.481. The van der Waals surface area contributed by atoms with Gasteiger partial charge in [0.2, 0.25) is 6.54 Å². The van der Waals surface area contributed by atoms with E-state index in [9.17, 15) is 10.1 Å². The van der Waals surface area contributed by atoms with Crippen LogP contribution in [-0.2, 0) is 0 Å². The van der Waals surface area contributed by atoms with Crippen molar-refractivity contribution < 1.29 is 14.4 Å². The van der Waals surface area contributed by atoms with Crippen molar-refractivity contribution in [3.63, 3.8) is 0 Å². The van der Waals surface area contributed by atoms with E-state index in [1.807, 2.05) is 37.3 Å². The largest absolute Gasteiger partial charge is 0.493 e. The SMILES string of the molecule is CCNc1ccc(C(C[N+](=O)[O-])c2ccc(OC)c(OC)c2)cc1. The summed E-state index contributed by atoms with van der Waals surface area (Å²) < 4.78 is 10.5. The molecule has 0 fully saturated rings. The maximum absolute atomic E-state index is 11.1. The first-order valence-electron chi connectivity index (χ1n) is 7.76. The Hall–Kier alpha value is -2.76. The minimum atomic E-state index is -0.351. The van der Waals surface area contributed by atoms with Gasteiger partial charge >= 0.3 is 0 Å². The molecule has 2 aromatic rings. The van der Waals surface area contributed by atoms with Gasteiger partial charge in [0.25, 0.3) is 0 Å². The average molecular weight is 330 g/mol. The second-order valence-electron chi connectivity index (χ2n) is 5.33. The number of nitrogens with one attached hydrogen (secondary N) is 1. The van der Waals surface area contributed by atoms with Crippen molar-refractivity contribution in [2.45, 2.75) is 12.8 Å². The molecule has 0 aliphatic carbocycles. The molecular weight excluding hydrogens is 308 g/mol. The van der Waals surface area contributed by atoms with Gasteiger partial charge in [0.1, 0.15) is 0 Å². The number of nitrogens with zero attached hydrogens (tertiary/aromatic N) is 1. The third kappa shape index (κ3) is 4.16. The number of anilines is 1. The third-order valence-corrected chi connectivity index (χ3v) is 3.84. The van der Waals surface area contributed by atoms with E-state index < -0.39 is 0 Å². The monoisotopic (exact) mass is 330 g/mol. The van der Waals surface area contributed by atoms with Gasteiger partial charge in [0.15, 0.2) is 11.5 Å². The van der Waals surface area contributed by atoms with Gasteiger partial charge in [-0.3, -0.25) is 10.1 Å². The van der Waals surface area contributed by atoms with E-state index >= 15 is 0 Å². The van der Waals surface area contributed by atoms with Crippen LogP contribution in [0.5, 0.6) is 11.5 Å². The van der Waals surface area contributed by atoms with Crippen LogP contribution >= 0.6 is 0 Å². The highest BCUT2D eigenvalue weighted by Crippen LogP contribution is 2.33. The van der Waals surface area contributed by atoms with Gasteiger partial charge in [-0.1, -0.05) is 18.2 Å². The molecule has 0 saturated carbocycles. The Morgan fingerprint density at radius 3 is 2.21 bits per heavy atom. The smallest absolute Gasteiger partial charge is 0.214 e. The summed E-state index contributed by atoms with van der Waals surface area (Å²) >= 11 is 0. The van der Waals surface area contributed by atoms with Crippen LogP contribution < -0.4 is 14.8 Å². The van der Waals surface area contributed by atoms with Crippen molar-refractivity contribution >= 4 is 5.69 Å². The van der Waals surface area contributed by atoms with Gasteiger partial charge in [-0.25, -0.2) is 0 Å². The lowest BCUT2D eigenvalue weighted by Gasteiger charge is -2.17. The molecule has 128 valence electrons. The fourth-order valence-electron chi connectivity index (χ4n) is 2.66. The second kappa shape index (κ2) is 8.19. The summed E-state index contributed by atoms with van der Waals surface area (Å²) in [4.78, 5) is 10.8. The van der Waals surface area contributed by atoms with Crippen LogP contribution in [-0.4, -0.2) is 32.2 Å². The molecular formula is C18H22N2O4. The predicted octanol–water partition coefficient (Wildman–Crippen LogP) is 3.54. The molecule has 6 heteroatoms. The summed E-state index contributed by atoms with van der Waals surface area (Å²) in [7, 11) is 3.11. The third-order valence-electron chi connectivity index (χ3n) is 3.84. The topological polar surface area (TPSA) is 73.6 Å². The zero-order valence-corrected chi connectivity index (χ0v) is 14.1. The fraction of sp³-hybridized carbons (Fsp3) is 0.333. The van der Waals surface area contributed by atoms with Crippen molar-refractivity contribution in [3.8, 4) is 11.5 Å². The molecule has 0 bridgehead atoms. The Morgan fingerprint density at radius 1 is 1.04 bits per heavy atom. The van der Waals surface area contributed by atoms with Crippen LogP contribution in [0.4, 0.5) is 5.69 Å². The Balaban J connectivity index is 2.39. The van der Waals surface area contributed by atoms with Crippen LogP contribution in [0.25, 0.3) is 0 Å². The van der Waals surface area contributed by atoms with E-state index in [2.05, 4.69) is 5.32 Å². The highest BCUT2D eigenvalue weighted by atomic mass is 16.6. The van der Waals surface area contributed by atoms with Crippen LogP contribution in [0.2, 0.25) is 0 Å². The number of ether oxygens (including phenoxy) is 2. The molecule has 0 saturated heterocycles. The minimum Gasteiger partial charge on any atom is -0.493 e. The summed E-state index contributed by atoms with van der Waals surface area (Å²) in [5.41, 5.74) is 2.70. The predicted molar refractivity (Wildman–Crippen MR) is 93.9 cm³/mol. The van der Waals surface area contributed by atoms with Crippen LogP contribution in [0.1, 0.15) is 24.0 Å². The van der Waals surface area contributed by atoms with Gasteiger partial charge in [-0.2, -0.15) is 0 Å². The van der Waals surface area contributed by atoms with E-state index in [0.29, 0.717) is 11.5 Å². The zero-order chi connectivity index (χ0) is 17.5. The van der Waals surface area contributed by atoms with Gasteiger partial charge in [0.05, 0.1) is 20.1 Å². The molecule has 1 atom stereocenters. The maximum atomic E-state index is 11.1. The van der Waals surface area contributed by atoms with E-state index in [4.69, 9.17) is 9.47 Å². The van der Waals surface area contributed by atoms with Crippen molar-refractivity contribution in [3.05, 3.63) is 63.7 Å². The lowest BCUT2D eigenvalue weighted by atomic mass is 9.91. The molecule has 0 heterocycles. The van der Waals surface area contributed by atoms with E-state index in [1.165, 1.54) is 0 Å². The molecule has 2 rings (SSSR count). The van der Waals surface area contributed by atoms with Crippen LogP contribution in [0, 0.1) is 10.1 Å². The quantitative estimate of drug-likeness (QED) is 0.592. The van der Waals surface area contributed by atoms with Crippen LogP contribution in [0.3, 0.4) is 0 Å². The normalized spacial score (nSPS) is 11.6. The van der Waals surface area contributed by atoms with Gasteiger partial charge in [-0.05, 0) is 42.3 Å². The van der Waals surface area contributed by atoms with Crippen molar-refractivity contribution in [2.24, 2.45) is 0 Å². The summed E-state index contributed by atoms with van der Waals surface area (Å²) in [6.45, 7) is 2.66. The summed E-state index contributed by atoms with van der Waals surface area (Å²) in [5, 5.41) is 14.4. The number of nitro groups is 1. The molecule has 0 aromatic heterocycles. The molecule has 24 heavy (non-hydrogen) atoms. The number of hydrogen-bond acceptors (Lipinski definition) is 5. The Kier molecular flexibility index (Phi) is 6.01. The Labute approximate surface area is 141 Å². The molecule has 0 spiro atoms. The molecule has 1 N–H and O–H groups in total. The molecule has 0 aliphatic rings. The number of hydrogen-bond donors (Lipinski definition) is 1. The average Bonchev–Trinajstić information content (AvgIpc) is 2.60. The second-order valence-corrected chi connectivity index (χ2v) is 5.33. The molecule has 1 unspecified atom stereocenters. The van der Waals surface area contributed by atoms with Crippen LogP contribution in [0.15, 0.2) is 42.5 Å². The van der Waals surface area contributed by atoms with Gasteiger partial charge in [-0.15, -0.1) is 0 Å². The fourth-order valence-corrected chi connectivity index (χ4v) is 2.66. The first-order chi connectivity index (χ1) is 11.6. The molecule has 0 amide bonds. The number of benzene rings is 2. The molecule has 0 radical (unpaired) electrons. The zero-order valence-electron chi connectivity index (χ0n) is 14.1. The molecule has 6 nitrogen and oxygen atoms in total. The maximum Gasteiger partial charge on any atom is 0.214 e. The summed E-state index contributed by atoms with van der Waals surface area (Å²) in [6.07, 6.45) is 0. The first kappa shape index (κ1) is 17.6. The number of methoxy groups -OCH3 is 2. The Morgan fingerprint density at radius 2 is 1.67 bits per heavy atom. The van der Waals surface area contributed by atoms with E-state index in [-0.39, 0.29) is 17.4 Å². The molecule has 2 aromatic carbocycles. The van der Waals surface area contributed by atoms with Gasteiger partial charge in [0, 0.05) is 17.2 Å². The van der Waals surface area contributed by atoms with Crippen molar-refractivity contribution in [2.75, 3.05) is 32.6 Å².